The lowest BCUT2D eigenvalue weighted by Gasteiger charge is -2.47. The maximum Gasteiger partial charge on any atom is 0.230 e. The molecule has 1 heterocycles. The Morgan fingerprint density at radius 2 is 2.22 bits per heavy atom. The summed E-state index contributed by atoms with van der Waals surface area (Å²) < 4.78 is 5.63. The fourth-order valence-electron chi connectivity index (χ4n) is 3.43. The van der Waals surface area contributed by atoms with Crippen LogP contribution in [0.2, 0.25) is 0 Å². The van der Waals surface area contributed by atoms with E-state index in [1.165, 1.54) is 0 Å². The Bertz CT molecular complexity index is 294. The molecule has 18 heavy (non-hydrogen) atoms. The van der Waals surface area contributed by atoms with Gasteiger partial charge >= 0.3 is 0 Å². The molecule has 1 saturated carbocycles. The van der Waals surface area contributed by atoms with Crippen LogP contribution >= 0.6 is 0 Å². The fraction of sp³-hybridized carbons (Fsp3) is 0.929. The second kappa shape index (κ2) is 5.57. The lowest BCUT2D eigenvalue weighted by Crippen LogP contribution is -2.55. The molecule has 0 aromatic carbocycles. The normalized spacial score (nSPS) is 35.3. The average Bonchev–Trinajstić information content (AvgIpc) is 2.83. The van der Waals surface area contributed by atoms with Gasteiger partial charge < -0.3 is 15.4 Å². The number of likely N-dealkylation sites (N-methyl/N-ethyl adjacent to an activating group) is 1. The second-order valence-electron chi connectivity index (χ2n) is 5.98. The number of hydrogen-bond acceptors (Lipinski definition) is 3. The van der Waals surface area contributed by atoms with Crippen LogP contribution in [-0.4, -0.2) is 43.2 Å². The monoisotopic (exact) mass is 254 g/mol. The summed E-state index contributed by atoms with van der Waals surface area (Å²) in [5.74, 6) is 0.889. The van der Waals surface area contributed by atoms with Crippen molar-refractivity contribution in [3.8, 4) is 0 Å². The van der Waals surface area contributed by atoms with Crippen molar-refractivity contribution in [1.82, 2.24) is 4.90 Å². The molecule has 0 bridgehead atoms. The molecule has 2 N–H and O–H groups in total. The zero-order chi connectivity index (χ0) is 13.2. The Morgan fingerprint density at radius 1 is 1.50 bits per heavy atom. The van der Waals surface area contributed by atoms with Gasteiger partial charge in [0.1, 0.15) is 0 Å². The summed E-state index contributed by atoms with van der Waals surface area (Å²) in [6.45, 7) is 7.06. The molecule has 0 spiro atoms. The Hall–Kier alpha value is -0.610. The van der Waals surface area contributed by atoms with Crippen molar-refractivity contribution < 1.29 is 9.53 Å². The van der Waals surface area contributed by atoms with E-state index in [0.29, 0.717) is 12.5 Å². The van der Waals surface area contributed by atoms with Gasteiger partial charge in [-0.1, -0.05) is 6.92 Å². The van der Waals surface area contributed by atoms with Gasteiger partial charge in [-0.2, -0.15) is 0 Å². The van der Waals surface area contributed by atoms with Gasteiger partial charge in [0.2, 0.25) is 5.91 Å². The van der Waals surface area contributed by atoms with Gasteiger partial charge in [-0.3, -0.25) is 4.79 Å². The lowest BCUT2D eigenvalue weighted by atomic mass is 9.62. The predicted molar refractivity (Wildman–Crippen MR) is 71.1 cm³/mol. The fourth-order valence-corrected chi connectivity index (χ4v) is 3.43. The Labute approximate surface area is 110 Å². The van der Waals surface area contributed by atoms with Crippen LogP contribution in [0.4, 0.5) is 0 Å². The highest BCUT2D eigenvalue weighted by Crippen LogP contribution is 2.46. The molecule has 104 valence electrons. The van der Waals surface area contributed by atoms with Crippen molar-refractivity contribution in [2.45, 2.75) is 45.6 Å². The van der Waals surface area contributed by atoms with Crippen molar-refractivity contribution in [3.63, 3.8) is 0 Å². The molecule has 2 aliphatic rings. The van der Waals surface area contributed by atoms with Gasteiger partial charge in [0.25, 0.3) is 0 Å². The summed E-state index contributed by atoms with van der Waals surface area (Å²) in [6.07, 6.45) is 4.33. The first-order valence-corrected chi connectivity index (χ1v) is 7.22. The molecule has 0 radical (unpaired) electrons. The highest BCUT2D eigenvalue weighted by Gasteiger charge is 2.48. The van der Waals surface area contributed by atoms with Crippen molar-refractivity contribution >= 4 is 5.91 Å². The van der Waals surface area contributed by atoms with E-state index in [1.807, 2.05) is 11.8 Å². The van der Waals surface area contributed by atoms with E-state index in [9.17, 15) is 4.79 Å². The zero-order valence-corrected chi connectivity index (χ0v) is 11.7. The van der Waals surface area contributed by atoms with Gasteiger partial charge in [-0.15, -0.1) is 0 Å². The van der Waals surface area contributed by atoms with Crippen molar-refractivity contribution in [2.24, 2.45) is 17.1 Å². The minimum absolute atomic E-state index is 0.237. The van der Waals surface area contributed by atoms with E-state index < -0.39 is 0 Å². The van der Waals surface area contributed by atoms with Gasteiger partial charge in [0.15, 0.2) is 0 Å². The van der Waals surface area contributed by atoms with Crippen LogP contribution in [0.15, 0.2) is 0 Å². The third kappa shape index (κ3) is 2.54. The van der Waals surface area contributed by atoms with Crippen LogP contribution in [-0.2, 0) is 9.53 Å². The molecular formula is C14H26N2O2. The van der Waals surface area contributed by atoms with Gasteiger partial charge in [-0.25, -0.2) is 0 Å². The van der Waals surface area contributed by atoms with Gasteiger partial charge in [0.05, 0.1) is 11.5 Å². The minimum atomic E-state index is -0.270. The Kier molecular flexibility index (Phi) is 4.28. The van der Waals surface area contributed by atoms with E-state index >= 15 is 0 Å². The second-order valence-corrected chi connectivity index (χ2v) is 5.98. The molecule has 4 nitrogen and oxygen atoms in total. The number of rotatable bonds is 5. The molecule has 1 atom stereocenters. The van der Waals surface area contributed by atoms with E-state index in [0.717, 1.165) is 45.4 Å². The molecule has 1 unspecified atom stereocenters. The van der Waals surface area contributed by atoms with Crippen LogP contribution in [0.3, 0.4) is 0 Å². The number of hydrogen-bond donors (Lipinski definition) is 1. The van der Waals surface area contributed by atoms with E-state index in [2.05, 4.69) is 6.92 Å². The first kappa shape index (κ1) is 13.8. The smallest absolute Gasteiger partial charge is 0.230 e. The summed E-state index contributed by atoms with van der Waals surface area (Å²) >= 11 is 0. The number of ether oxygens (including phenoxy) is 1. The zero-order valence-electron chi connectivity index (χ0n) is 11.7. The first-order chi connectivity index (χ1) is 8.61. The first-order valence-electron chi connectivity index (χ1n) is 7.22. The molecule has 2 rings (SSSR count). The third-order valence-electron chi connectivity index (χ3n) is 4.44. The number of nitrogens with two attached hydrogens (primary N) is 1. The maximum atomic E-state index is 12.6. The lowest BCUT2D eigenvalue weighted by molar-refractivity contribution is -0.151. The van der Waals surface area contributed by atoms with Crippen LogP contribution in [0.25, 0.3) is 0 Å². The van der Waals surface area contributed by atoms with E-state index in [-0.39, 0.29) is 17.4 Å². The third-order valence-corrected chi connectivity index (χ3v) is 4.44. The Balaban J connectivity index is 1.95. The molecule has 4 heteroatoms. The molecule has 1 amide bonds. The van der Waals surface area contributed by atoms with Crippen LogP contribution in [0, 0.1) is 11.3 Å². The SMILES string of the molecule is CCN(CC1CCCO1)C(=O)C1(CN)CC(C)C1. The summed E-state index contributed by atoms with van der Waals surface area (Å²) in [6, 6.07) is 0. The standard InChI is InChI=1S/C14H26N2O2/c1-3-16(9-12-5-4-6-18-12)13(17)14(10-15)7-11(2)8-14/h11-12H,3-10,15H2,1-2H3. The molecule has 1 saturated heterocycles. The largest absolute Gasteiger partial charge is 0.376 e. The average molecular weight is 254 g/mol. The van der Waals surface area contributed by atoms with E-state index in [1.54, 1.807) is 0 Å². The summed E-state index contributed by atoms with van der Waals surface area (Å²) in [5.41, 5.74) is 5.58. The summed E-state index contributed by atoms with van der Waals surface area (Å²) in [5, 5.41) is 0. The van der Waals surface area contributed by atoms with Crippen LogP contribution in [0.5, 0.6) is 0 Å². The summed E-state index contributed by atoms with van der Waals surface area (Å²) in [4.78, 5) is 14.6. The van der Waals surface area contributed by atoms with Crippen molar-refractivity contribution in [2.75, 3.05) is 26.2 Å². The predicted octanol–water partition coefficient (Wildman–Crippen LogP) is 1.39. The number of nitrogens with zero attached hydrogens (tertiary/aromatic N) is 1. The number of carbonyl (C=O) groups is 1. The van der Waals surface area contributed by atoms with Crippen LogP contribution in [0.1, 0.15) is 39.5 Å². The van der Waals surface area contributed by atoms with Gasteiger partial charge in [-0.05, 0) is 38.5 Å². The number of carbonyl (C=O) groups excluding carboxylic acids is 1. The van der Waals surface area contributed by atoms with Gasteiger partial charge in [0, 0.05) is 26.2 Å². The maximum absolute atomic E-state index is 12.6. The topological polar surface area (TPSA) is 55.6 Å². The van der Waals surface area contributed by atoms with Crippen molar-refractivity contribution in [1.29, 1.82) is 0 Å². The highest BCUT2D eigenvalue weighted by atomic mass is 16.5. The summed E-state index contributed by atoms with van der Waals surface area (Å²) in [7, 11) is 0. The molecular weight excluding hydrogens is 228 g/mol. The van der Waals surface area contributed by atoms with Crippen LogP contribution < -0.4 is 5.73 Å². The minimum Gasteiger partial charge on any atom is -0.376 e. The number of amides is 1. The molecule has 0 aromatic rings. The molecule has 2 fully saturated rings. The quantitative estimate of drug-likeness (QED) is 0.806. The van der Waals surface area contributed by atoms with E-state index in [4.69, 9.17) is 10.5 Å². The molecule has 1 aliphatic heterocycles. The van der Waals surface area contributed by atoms with Crippen molar-refractivity contribution in [3.05, 3.63) is 0 Å². The Morgan fingerprint density at radius 3 is 2.67 bits per heavy atom. The molecule has 1 aliphatic carbocycles. The molecule has 0 aromatic heterocycles. The highest BCUT2D eigenvalue weighted by molar-refractivity contribution is 5.84.